The normalized spacial score (nSPS) is 10.7. The molecule has 2 N–H and O–H groups in total. The molecule has 3 rings (SSSR count). The van der Waals surface area contributed by atoms with Crippen molar-refractivity contribution >= 4 is 17.4 Å². The summed E-state index contributed by atoms with van der Waals surface area (Å²) in [6.45, 7) is 0. The fourth-order valence-electron chi connectivity index (χ4n) is 1.97. The molecule has 3 nitrogen and oxygen atoms in total. The van der Waals surface area contributed by atoms with Gasteiger partial charge in [-0.2, -0.15) is 5.10 Å². The van der Waals surface area contributed by atoms with Crippen LogP contribution in [0.5, 0.6) is 0 Å². The van der Waals surface area contributed by atoms with E-state index >= 15 is 0 Å². The molecule has 5 heteroatoms. The fourth-order valence-corrected chi connectivity index (χ4v) is 2.10. The van der Waals surface area contributed by atoms with E-state index < -0.39 is 0 Å². The van der Waals surface area contributed by atoms with Crippen LogP contribution < -0.4 is 5.73 Å². The van der Waals surface area contributed by atoms with Crippen LogP contribution in [0.2, 0.25) is 5.02 Å². The van der Waals surface area contributed by atoms with E-state index in [4.69, 9.17) is 17.3 Å². The summed E-state index contributed by atoms with van der Waals surface area (Å²) in [5, 5.41) is 5.05. The number of nitrogens with zero attached hydrogens (tertiary/aromatic N) is 2. The van der Waals surface area contributed by atoms with Gasteiger partial charge in [-0.15, -0.1) is 0 Å². The predicted molar refractivity (Wildman–Crippen MR) is 78.4 cm³/mol. The lowest BCUT2D eigenvalue weighted by atomic mass is 10.1. The van der Waals surface area contributed by atoms with Crippen molar-refractivity contribution in [1.29, 1.82) is 0 Å². The van der Waals surface area contributed by atoms with Gasteiger partial charge in [-0.25, -0.2) is 9.07 Å². The molecule has 0 bridgehead atoms. The number of aromatic nitrogens is 2. The molecule has 0 aliphatic heterocycles. The van der Waals surface area contributed by atoms with Gasteiger partial charge in [0.15, 0.2) is 0 Å². The highest BCUT2D eigenvalue weighted by Crippen LogP contribution is 2.24. The van der Waals surface area contributed by atoms with E-state index in [2.05, 4.69) is 5.10 Å². The second-order valence-electron chi connectivity index (χ2n) is 4.35. The van der Waals surface area contributed by atoms with Crippen LogP contribution in [0.4, 0.5) is 10.2 Å². The fraction of sp³-hybridized carbons (Fsp3) is 0. The van der Waals surface area contributed by atoms with Gasteiger partial charge in [0.25, 0.3) is 0 Å². The molecule has 0 saturated carbocycles. The van der Waals surface area contributed by atoms with Gasteiger partial charge in [-0.3, -0.25) is 0 Å². The van der Waals surface area contributed by atoms with E-state index in [1.54, 1.807) is 35.0 Å². The van der Waals surface area contributed by atoms with Crippen molar-refractivity contribution in [2.75, 3.05) is 5.73 Å². The van der Waals surface area contributed by atoms with E-state index in [0.29, 0.717) is 22.1 Å². The van der Waals surface area contributed by atoms with Crippen molar-refractivity contribution < 1.29 is 4.39 Å². The molecule has 0 aliphatic carbocycles. The van der Waals surface area contributed by atoms with Gasteiger partial charge in [0.2, 0.25) is 0 Å². The summed E-state index contributed by atoms with van der Waals surface area (Å²) in [4.78, 5) is 0. The number of hydrogen-bond donors (Lipinski definition) is 1. The molecule has 100 valence electrons. The first-order valence-electron chi connectivity index (χ1n) is 6.01. The monoisotopic (exact) mass is 287 g/mol. The van der Waals surface area contributed by atoms with Gasteiger partial charge in [0.1, 0.15) is 11.6 Å². The second kappa shape index (κ2) is 4.98. The molecule has 2 aromatic carbocycles. The van der Waals surface area contributed by atoms with Crippen LogP contribution in [-0.2, 0) is 0 Å². The lowest BCUT2D eigenvalue weighted by molar-refractivity contribution is 0.628. The average molecular weight is 288 g/mol. The zero-order valence-corrected chi connectivity index (χ0v) is 11.2. The molecule has 1 aromatic heterocycles. The van der Waals surface area contributed by atoms with Gasteiger partial charge in [0.05, 0.1) is 11.4 Å². The summed E-state index contributed by atoms with van der Waals surface area (Å²) >= 11 is 5.85. The van der Waals surface area contributed by atoms with Gasteiger partial charge < -0.3 is 5.73 Å². The predicted octanol–water partition coefficient (Wildman–Crippen LogP) is 3.91. The molecule has 3 aromatic rings. The minimum Gasteiger partial charge on any atom is -0.384 e. The highest BCUT2D eigenvalue weighted by molar-refractivity contribution is 6.30. The van der Waals surface area contributed by atoms with Crippen molar-refractivity contribution in [2.24, 2.45) is 0 Å². The molecule has 0 spiro atoms. The first-order chi connectivity index (χ1) is 9.63. The lowest BCUT2D eigenvalue weighted by Gasteiger charge is -2.03. The maximum atomic E-state index is 13.2. The van der Waals surface area contributed by atoms with Crippen LogP contribution >= 0.6 is 11.6 Å². The van der Waals surface area contributed by atoms with Crippen LogP contribution in [0.25, 0.3) is 16.9 Å². The van der Waals surface area contributed by atoms with Crippen molar-refractivity contribution in [3.8, 4) is 16.9 Å². The van der Waals surface area contributed by atoms with Gasteiger partial charge in [-0.05, 0) is 36.4 Å². The Kier molecular flexibility index (Phi) is 3.16. The Labute approximate surface area is 120 Å². The van der Waals surface area contributed by atoms with Gasteiger partial charge in [0, 0.05) is 16.7 Å². The van der Waals surface area contributed by atoms with E-state index in [9.17, 15) is 4.39 Å². The molecule has 0 radical (unpaired) electrons. The largest absolute Gasteiger partial charge is 0.384 e. The van der Waals surface area contributed by atoms with Gasteiger partial charge in [-0.1, -0.05) is 23.7 Å². The number of rotatable bonds is 2. The first kappa shape index (κ1) is 12.7. The summed E-state index contributed by atoms with van der Waals surface area (Å²) in [5.74, 6) is 0.175. The Bertz CT molecular complexity index is 750. The number of anilines is 1. The molecule has 0 amide bonds. The number of nitrogen functional groups attached to an aromatic ring is 1. The third-order valence-corrected chi connectivity index (χ3v) is 3.18. The van der Waals surface area contributed by atoms with Gasteiger partial charge >= 0.3 is 0 Å². The third-order valence-electron chi connectivity index (χ3n) is 2.93. The highest BCUT2D eigenvalue weighted by Gasteiger charge is 2.09. The molecule has 1 heterocycles. The second-order valence-corrected chi connectivity index (χ2v) is 4.79. The van der Waals surface area contributed by atoms with E-state index in [1.165, 1.54) is 12.1 Å². The lowest BCUT2D eigenvalue weighted by Crippen LogP contribution is -2.01. The van der Waals surface area contributed by atoms with Crippen molar-refractivity contribution in [3.63, 3.8) is 0 Å². The quantitative estimate of drug-likeness (QED) is 0.776. The minimum atomic E-state index is -0.304. The Balaban J connectivity index is 2.05. The highest BCUT2D eigenvalue weighted by atomic mass is 35.5. The maximum absolute atomic E-state index is 13.2. The maximum Gasteiger partial charge on any atom is 0.127 e. The Hall–Kier alpha value is -2.33. The minimum absolute atomic E-state index is 0.304. The van der Waals surface area contributed by atoms with Crippen molar-refractivity contribution in [3.05, 3.63) is 65.4 Å². The molecule has 0 atom stereocenters. The average Bonchev–Trinajstić information content (AvgIpc) is 2.82. The molecule has 0 saturated heterocycles. The van der Waals surface area contributed by atoms with Crippen LogP contribution in [0.1, 0.15) is 0 Å². The van der Waals surface area contributed by atoms with Crippen molar-refractivity contribution in [1.82, 2.24) is 9.78 Å². The van der Waals surface area contributed by atoms with Crippen LogP contribution in [0.15, 0.2) is 54.6 Å². The smallest absolute Gasteiger partial charge is 0.127 e. The summed E-state index contributed by atoms with van der Waals surface area (Å²) < 4.78 is 14.8. The first-order valence-corrected chi connectivity index (χ1v) is 6.39. The Morgan fingerprint density at radius 2 is 1.80 bits per heavy atom. The molecule has 0 unspecified atom stereocenters. The van der Waals surface area contributed by atoms with Crippen LogP contribution in [0.3, 0.4) is 0 Å². The SMILES string of the molecule is Nc1cc(-c2cccc(F)c2)nn1-c1ccc(Cl)cc1. The standard InChI is InChI=1S/C15H11ClFN3/c16-11-4-6-13(7-5-11)20-15(18)9-14(19-20)10-2-1-3-12(17)8-10/h1-9H,18H2. The summed E-state index contributed by atoms with van der Waals surface area (Å²) in [6, 6.07) is 15.1. The molecule has 0 aliphatic rings. The molecule has 20 heavy (non-hydrogen) atoms. The number of halogens is 2. The number of benzene rings is 2. The zero-order chi connectivity index (χ0) is 14.1. The van der Waals surface area contributed by atoms with Crippen molar-refractivity contribution in [2.45, 2.75) is 0 Å². The number of nitrogens with two attached hydrogens (primary N) is 1. The zero-order valence-electron chi connectivity index (χ0n) is 10.4. The van der Waals surface area contributed by atoms with E-state index in [1.807, 2.05) is 12.1 Å². The molecular weight excluding hydrogens is 277 g/mol. The summed E-state index contributed by atoms with van der Waals surface area (Å²) in [5.41, 5.74) is 8.07. The molecule has 0 fully saturated rings. The van der Waals surface area contributed by atoms with Crippen LogP contribution in [0, 0.1) is 5.82 Å². The molecular formula is C15H11ClFN3. The van der Waals surface area contributed by atoms with E-state index in [-0.39, 0.29) is 5.82 Å². The summed E-state index contributed by atoms with van der Waals surface area (Å²) in [6.07, 6.45) is 0. The van der Waals surface area contributed by atoms with E-state index in [0.717, 1.165) is 5.69 Å². The Morgan fingerprint density at radius 3 is 2.50 bits per heavy atom. The number of hydrogen-bond acceptors (Lipinski definition) is 2. The third kappa shape index (κ3) is 2.38. The topological polar surface area (TPSA) is 43.8 Å². The van der Waals surface area contributed by atoms with Crippen LogP contribution in [-0.4, -0.2) is 9.78 Å². The Morgan fingerprint density at radius 1 is 1.05 bits per heavy atom. The summed E-state index contributed by atoms with van der Waals surface area (Å²) in [7, 11) is 0.